The molecule has 6 nitrogen and oxygen atoms in total. The van der Waals surface area contributed by atoms with E-state index in [1.807, 2.05) is 29.8 Å². The number of hydrogen-bond donors (Lipinski definition) is 0. The molecular formula is C20H21N3O3. The number of carbonyl (C=O) groups excluding carboxylic acids is 2. The average Bonchev–Trinajstić information content (AvgIpc) is 3.35. The second-order valence-corrected chi connectivity index (χ2v) is 7.58. The lowest BCUT2D eigenvalue weighted by molar-refractivity contribution is -0.124. The Kier molecular flexibility index (Phi) is 3.34. The van der Waals surface area contributed by atoms with Crippen LogP contribution in [0.15, 0.2) is 30.3 Å². The molecule has 3 saturated heterocycles. The largest absolute Gasteiger partial charge is 0.373 e. The summed E-state index contributed by atoms with van der Waals surface area (Å²) < 4.78 is 7.65. The molecule has 4 heterocycles. The van der Waals surface area contributed by atoms with E-state index >= 15 is 0 Å². The van der Waals surface area contributed by atoms with Crippen molar-refractivity contribution >= 4 is 17.6 Å². The molecular weight excluding hydrogens is 330 g/mol. The van der Waals surface area contributed by atoms with Crippen molar-refractivity contribution in [2.45, 2.75) is 45.4 Å². The van der Waals surface area contributed by atoms with Crippen LogP contribution in [0.2, 0.25) is 0 Å². The highest BCUT2D eigenvalue weighted by Crippen LogP contribution is 2.49. The van der Waals surface area contributed by atoms with Gasteiger partial charge in [0, 0.05) is 11.8 Å². The number of amides is 2. The Labute approximate surface area is 151 Å². The van der Waals surface area contributed by atoms with Crippen LogP contribution in [0.5, 0.6) is 0 Å². The number of carbonyl (C=O) groups is 2. The van der Waals surface area contributed by atoms with Gasteiger partial charge in [0.05, 0.1) is 30.6 Å². The molecule has 3 aliphatic rings. The molecule has 0 aliphatic carbocycles. The monoisotopic (exact) mass is 351 g/mol. The highest BCUT2D eigenvalue weighted by atomic mass is 16.5. The minimum atomic E-state index is -0.317. The second kappa shape index (κ2) is 5.51. The molecule has 0 N–H and O–H groups in total. The smallest absolute Gasteiger partial charge is 0.241 e. The molecule has 0 saturated carbocycles. The summed E-state index contributed by atoms with van der Waals surface area (Å²) in [7, 11) is 0. The van der Waals surface area contributed by atoms with E-state index in [0.717, 1.165) is 18.5 Å². The summed E-state index contributed by atoms with van der Waals surface area (Å²) in [5.41, 5.74) is 3.30. The summed E-state index contributed by atoms with van der Waals surface area (Å²) in [4.78, 5) is 27.1. The first-order chi connectivity index (χ1) is 12.5. The van der Waals surface area contributed by atoms with Gasteiger partial charge in [0.2, 0.25) is 11.8 Å². The predicted molar refractivity (Wildman–Crippen MR) is 94.6 cm³/mol. The number of fused-ring (bicyclic) bond motifs is 5. The lowest BCUT2D eigenvalue weighted by Gasteiger charge is -2.15. The van der Waals surface area contributed by atoms with Crippen LogP contribution in [0, 0.1) is 25.7 Å². The maximum atomic E-state index is 12.9. The number of rotatable bonds is 3. The number of benzene rings is 1. The maximum absolute atomic E-state index is 12.9. The van der Waals surface area contributed by atoms with Gasteiger partial charge in [-0.3, -0.25) is 14.3 Å². The van der Waals surface area contributed by atoms with Gasteiger partial charge in [0.15, 0.2) is 5.82 Å². The third kappa shape index (κ3) is 2.11. The minimum absolute atomic E-state index is 0.0957. The molecule has 26 heavy (non-hydrogen) atoms. The van der Waals surface area contributed by atoms with Crippen molar-refractivity contribution in [3.63, 3.8) is 0 Å². The zero-order chi connectivity index (χ0) is 18.0. The van der Waals surface area contributed by atoms with E-state index < -0.39 is 0 Å². The Hall–Kier alpha value is -2.47. The Morgan fingerprint density at radius 3 is 2.38 bits per heavy atom. The van der Waals surface area contributed by atoms with Crippen LogP contribution in [0.25, 0.3) is 0 Å². The Morgan fingerprint density at radius 1 is 1.08 bits per heavy atom. The van der Waals surface area contributed by atoms with E-state index in [0.29, 0.717) is 12.4 Å². The minimum Gasteiger partial charge on any atom is -0.373 e. The van der Waals surface area contributed by atoms with E-state index in [2.05, 4.69) is 24.2 Å². The molecule has 0 radical (unpaired) electrons. The summed E-state index contributed by atoms with van der Waals surface area (Å²) in [5, 5.41) is 4.59. The van der Waals surface area contributed by atoms with Crippen LogP contribution < -0.4 is 4.90 Å². The third-order valence-corrected chi connectivity index (χ3v) is 6.06. The number of ether oxygens (including phenoxy) is 1. The Balaban J connectivity index is 1.46. The molecule has 3 aliphatic heterocycles. The number of aryl methyl sites for hydroxylation is 2. The zero-order valence-corrected chi connectivity index (χ0v) is 14.9. The number of imide groups is 1. The first kappa shape index (κ1) is 15.8. The Morgan fingerprint density at radius 2 is 1.73 bits per heavy atom. The maximum Gasteiger partial charge on any atom is 0.241 e. The van der Waals surface area contributed by atoms with Crippen LogP contribution >= 0.6 is 0 Å². The van der Waals surface area contributed by atoms with Gasteiger partial charge in [0.25, 0.3) is 0 Å². The van der Waals surface area contributed by atoms with E-state index in [9.17, 15) is 9.59 Å². The van der Waals surface area contributed by atoms with Gasteiger partial charge < -0.3 is 4.74 Å². The first-order valence-corrected chi connectivity index (χ1v) is 9.17. The fourth-order valence-corrected chi connectivity index (χ4v) is 4.65. The average molecular weight is 351 g/mol. The van der Waals surface area contributed by atoms with E-state index in [4.69, 9.17) is 4.74 Å². The highest BCUT2D eigenvalue weighted by Gasteiger charge is 2.63. The van der Waals surface area contributed by atoms with Crippen molar-refractivity contribution in [2.24, 2.45) is 11.8 Å². The van der Waals surface area contributed by atoms with Gasteiger partial charge in [-0.05, 0) is 37.8 Å². The van der Waals surface area contributed by atoms with Crippen LogP contribution in [-0.4, -0.2) is 33.8 Å². The van der Waals surface area contributed by atoms with Crippen molar-refractivity contribution in [1.29, 1.82) is 0 Å². The molecule has 0 spiro atoms. The molecule has 1 aromatic carbocycles. The summed E-state index contributed by atoms with van der Waals surface area (Å²) >= 11 is 0. The molecule has 1 aromatic heterocycles. The quantitative estimate of drug-likeness (QED) is 0.796. The van der Waals surface area contributed by atoms with Crippen molar-refractivity contribution in [2.75, 3.05) is 4.90 Å². The summed E-state index contributed by atoms with van der Waals surface area (Å²) in [6.45, 7) is 4.64. The number of hydrogen-bond acceptors (Lipinski definition) is 4. The molecule has 2 aromatic rings. The highest BCUT2D eigenvalue weighted by molar-refractivity contribution is 6.22. The number of anilines is 1. The molecule has 2 amide bonds. The zero-order valence-electron chi connectivity index (χ0n) is 14.9. The molecule has 6 heteroatoms. The van der Waals surface area contributed by atoms with Gasteiger partial charge in [-0.2, -0.15) is 5.10 Å². The van der Waals surface area contributed by atoms with Crippen LogP contribution in [0.1, 0.15) is 29.7 Å². The fourth-order valence-electron chi connectivity index (χ4n) is 4.65. The van der Waals surface area contributed by atoms with Crippen molar-refractivity contribution < 1.29 is 14.3 Å². The van der Waals surface area contributed by atoms with Crippen LogP contribution in [0.3, 0.4) is 0 Å². The summed E-state index contributed by atoms with van der Waals surface area (Å²) in [5.74, 6) is -0.480. The van der Waals surface area contributed by atoms with Gasteiger partial charge in [-0.25, -0.2) is 4.90 Å². The molecule has 4 atom stereocenters. The predicted octanol–water partition coefficient (Wildman–Crippen LogP) is 2.22. The third-order valence-electron chi connectivity index (χ3n) is 6.06. The molecule has 134 valence electrons. The van der Waals surface area contributed by atoms with E-state index in [-0.39, 0.29) is 35.9 Å². The lowest BCUT2D eigenvalue weighted by atomic mass is 9.81. The fraction of sp³-hybridized carbons (Fsp3) is 0.450. The molecule has 0 unspecified atom stereocenters. The standard InChI is InChI=1S/C20H21N3O3/c1-11-5-3-4-6-13(11)10-22-12(2)9-16(21-22)23-19(24)17-14-7-8-15(26-14)18(17)20(23)25/h3-6,9,14-15,17-18H,7-8,10H2,1-2H3/t14-,15-,17-,18-/m0/s1. The van der Waals surface area contributed by atoms with E-state index in [1.54, 1.807) is 0 Å². The Bertz CT molecular complexity index is 891. The van der Waals surface area contributed by atoms with Gasteiger partial charge in [0.1, 0.15) is 0 Å². The summed E-state index contributed by atoms with van der Waals surface area (Å²) in [6.07, 6.45) is 1.56. The number of nitrogens with zero attached hydrogens (tertiary/aromatic N) is 3. The van der Waals surface area contributed by atoms with Crippen molar-refractivity contribution in [1.82, 2.24) is 9.78 Å². The lowest BCUT2D eigenvalue weighted by Crippen LogP contribution is -2.34. The van der Waals surface area contributed by atoms with Crippen molar-refractivity contribution in [3.05, 3.63) is 47.2 Å². The normalized spacial score (nSPS) is 29.7. The topological polar surface area (TPSA) is 64.4 Å². The van der Waals surface area contributed by atoms with Gasteiger partial charge in [-0.15, -0.1) is 0 Å². The number of aromatic nitrogens is 2. The van der Waals surface area contributed by atoms with Crippen LogP contribution in [-0.2, 0) is 20.9 Å². The van der Waals surface area contributed by atoms with E-state index in [1.165, 1.54) is 16.0 Å². The SMILES string of the molecule is Cc1ccccc1Cn1nc(N2C(=O)[C@@H]3[C@@H](C2=O)[C@@H]2CC[C@@H]3O2)cc1C. The molecule has 3 fully saturated rings. The first-order valence-electron chi connectivity index (χ1n) is 9.17. The van der Waals surface area contributed by atoms with Crippen LogP contribution in [0.4, 0.5) is 5.82 Å². The van der Waals surface area contributed by atoms with Gasteiger partial charge in [-0.1, -0.05) is 24.3 Å². The molecule has 5 rings (SSSR count). The summed E-state index contributed by atoms with van der Waals surface area (Å²) in [6, 6.07) is 9.99. The van der Waals surface area contributed by atoms with Crippen molar-refractivity contribution in [3.8, 4) is 0 Å². The van der Waals surface area contributed by atoms with Gasteiger partial charge >= 0.3 is 0 Å². The molecule has 2 bridgehead atoms. The second-order valence-electron chi connectivity index (χ2n) is 7.58.